The van der Waals surface area contributed by atoms with Crippen LogP contribution in [0.5, 0.6) is 0 Å². The van der Waals surface area contributed by atoms with E-state index in [9.17, 15) is 9.18 Å². The van der Waals surface area contributed by atoms with Gasteiger partial charge in [-0.15, -0.1) is 0 Å². The molecule has 1 amide bonds. The molecule has 0 bridgehead atoms. The molecule has 30 heavy (non-hydrogen) atoms. The Balaban J connectivity index is 1.25. The van der Waals surface area contributed by atoms with Gasteiger partial charge in [-0.2, -0.15) is 0 Å². The van der Waals surface area contributed by atoms with E-state index in [4.69, 9.17) is 4.42 Å². The number of aryl methyl sites for hydroxylation is 1. The Morgan fingerprint density at radius 3 is 2.77 bits per heavy atom. The van der Waals surface area contributed by atoms with Crippen molar-refractivity contribution >= 4 is 22.8 Å². The second-order valence-electron chi connectivity index (χ2n) is 8.21. The number of halogens is 1. The van der Waals surface area contributed by atoms with Crippen molar-refractivity contribution < 1.29 is 13.6 Å². The van der Waals surface area contributed by atoms with Crippen LogP contribution in [0.4, 0.5) is 10.3 Å². The number of rotatable bonds is 5. The third-order valence-electron chi connectivity index (χ3n) is 6.20. The molecule has 1 saturated heterocycles. The van der Waals surface area contributed by atoms with Crippen molar-refractivity contribution in [3.05, 3.63) is 36.5 Å². The number of anilines is 1. The number of carbonyl (C=O) groups excluding carboxylic acids is 1. The molecule has 1 aliphatic heterocycles. The first kappa shape index (κ1) is 19.1. The van der Waals surface area contributed by atoms with E-state index in [0.29, 0.717) is 23.6 Å². The van der Waals surface area contributed by atoms with Crippen LogP contribution in [-0.2, 0) is 4.79 Å². The van der Waals surface area contributed by atoms with Crippen molar-refractivity contribution in [2.24, 2.45) is 5.92 Å². The van der Waals surface area contributed by atoms with E-state index in [-0.39, 0.29) is 24.5 Å². The van der Waals surface area contributed by atoms with Gasteiger partial charge in [0.1, 0.15) is 6.67 Å². The van der Waals surface area contributed by atoms with Crippen molar-refractivity contribution in [2.75, 3.05) is 18.5 Å². The largest absolute Gasteiger partial charge is 0.441 e. The number of nitrogens with zero attached hydrogens (tertiary/aromatic N) is 4. The highest BCUT2D eigenvalue weighted by Crippen LogP contribution is 2.34. The van der Waals surface area contributed by atoms with Crippen LogP contribution < -0.4 is 5.32 Å². The van der Waals surface area contributed by atoms with Crippen LogP contribution in [0.15, 0.2) is 35.0 Å². The molecule has 7 nitrogen and oxygen atoms in total. The normalized spacial score (nSPS) is 25.9. The Hall–Kier alpha value is -2.87. The molecule has 3 aromatic rings. The molecule has 3 heterocycles. The first-order chi connectivity index (χ1) is 14.6. The minimum Gasteiger partial charge on any atom is -0.441 e. The molecule has 2 unspecified atom stereocenters. The summed E-state index contributed by atoms with van der Waals surface area (Å²) in [6.45, 7) is 2.39. The number of carbonyl (C=O) groups is 1. The Morgan fingerprint density at radius 2 is 2.07 bits per heavy atom. The van der Waals surface area contributed by atoms with Crippen LogP contribution in [0, 0.1) is 12.8 Å². The number of amides is 1. The maximum atomic E-state index is 12.7. The summed E-state index contributed by atoms with van der Waals surface area (Å²) < 4.78 is 18.3. The van der Waals surface area contributed by atoms with Crippen LogP contribution in [0.25, 0.3) is 22.2 Å². The van der Waals surface area contributed by atoms with Crippen LogP contribution >= 0.6 is 0 Å². The predicted molar refractivity (Wildman–Crippen MR) is 111 cm³/mol. The maximum absolute atomic E-state index is 12.7. The zero-order valence-corrected chi connectivity index (χ0v) is 16.8. The van der Waals surface area contributed by atoms with Crippen molar-refractivity contribution in [3.63, 3.8) is 0 Å². The molecule has 1 aliphatic carbocycles. The van der Waals surface area contributed by atoms with Gasteiger partial charge in [-0.05, 0) is 31.7 Å². The first-order valence-electron chi connectivity index (χ1n) is 10.4. The minimum absolute atomic E-state index is 0.0392. The summed E-state index contributed by atoms with van der Waals surface area (Å²) in [4.78, 5) is 27.9. The fourth-order valence-corrected chi connectivity index (χ4v) is 4.39. The van der Waals surface area contributed by atoms with Crippen LogP contribution in [-0.4, -0.2) is 51.1 Å². The second-order valence-corrected chi connectivity index (χ2v) is 8.21. The standard InChI is InChI=1S/C22H24FN5O2/c1-13-24-11-20(30-13)15-2-3-16-10-25-22(26-19(16)8-15)27-21(29)14-4-6-17(7-5-14)28-12-18(28)9-23/h2-3,8,10-11,14,17-18H,4-7,9,12H2,1H3,(H,25,26,27,29)/t14-,17-,18?,28?. The van der Waals surface area contributed by atoms with E-state index in [1.54, 1.807) is 19.3 Å². The fourth-order valence-electron chi connectivity index (χ4n) is 4.39. The summed E-state index contributed by atoms with van der Waals surface area (Å²) in [6, 6.07) is 6.30. The van der Waals surface area contributed by atoms with E-state index in [2.05, 4.69) is 25.2 Å². The van der Waals surface area contributed by atoms with Gasteiger partial charge in [-0.1, -0.05) is 12.1 Å². The summed E-state index contributed by atoms with van der Waals surface area (Å²) >= 11 is 0. The Morgan fingerprint density at radius 1 is 1.23 bits per heavy atom. The Bertz CT molecular complexity index is 1080. The van der Waals surface area contributed by atoms with Gasteiger partial charge in [0.25, 0.3) is 0 Å². The van der Waals surface area contributed by atoms with Gasteiger partial charge in [0.15, 0.2) is 11.7 Å². The zero-order valence-electron chi connectivity index (χ0n) is 16.8. The van der Waals surface area contributed by atoms with E-state index < -0.39 is 0 Å². The summed E-state index contributed by atoms with van der Waals surface area (Å²) in [5.74, 6) is 1.50. The minimum atomic E-state index is -0.266. The quantitative estimate of drug-likeness (QED) is 0.646. The van der Waals surface area contributed by atoms with Crippen molar-refractivity contribution in [1.82, 2.24) is 19.9 Å². The molecule has 1 aromatic carbocycles. The highest BCUT2D eigenvalue weighted by Gasteiger charge is 2.41. The molecule has 2 aliphatic rings. The van der Waals surface area contributed by atoms with Gasteiger partial charge in [0.05, 0.1) is 17.8 Å². The number of oxazole rings is 1. The number of hydrogen-bond acceptors (Lipinski definition) is 6. The summed E-state index contributed by atoms with van der Waals surface area (Å²) in [5.41, 5.74) is 1.61. The lowest BCUT2D eigenvalue weighted by Crippen LogP contribution is -2.33. The van der Waals surface area contributed by atoms with E-state index in [1.165, 1.54) is 0 Å². The zero-order chi connectivity index (χ0) is 20.7. The molecular formula is C22H24FN5O2. The van der Waals surface area contributed by atoms with Crippen molar-refractivity contribution in [2.45, 2.75) is 44.7 Å². The van der Waals surface area contributed by atoms with Gasteiger partial charge in [-0.3, -0.25) is 15.0 Å². The molecule has 2 atom stereocenters. The van der Waals surface area contributed by atoms with Crippen molar-refractivity contribution in [3.8, 4) is 11.3 Å². The highest BCUT2D eigenvalue weighted by molar-refractivity contribution is 5.92. The number of hydrogen-bond donors (Lipinski definition) is 1. The third kappa shape index (κ3) is 3.79. The second kappa shape index (κ2) is 7.75. The number of aromatic nitrogens is 3. The summed E-state index contributed by atoms with van der Waals surface area (Å²) in [5, 5.41) is 3.76. The molecule has 1 saturated carbocycles. The van der Waals surface area contributed by atoms with Gasteiger partial charge in [-0.25, -0.2) is 19.3 Å². The van der Waals surface area contributed by atoms with Crippen LogP contribution in [0.2, 0.25) is 0 Å². The molecule has 0 spiro atoms. The molecule has 0 radical (unpaired) electrons. The number of alkyl halides is 1. The highest BCUT2D eigenvalue weighted by atomic mass is 19.1. The summed E-state index contributed by atoms with van der Waals surface area (Å²) in [7, 11) is 0. The predicted octanol–water partition coefficient (Wildman–Crippen LogP) is 3.74. The lowest BCUT2D eigenvalue weighted by molar-refractivity contribution is -0.121. The Labute approximate surface area is 173 Å². The van der Waals surface area contributed by atoms with Gasteiger partial charge < -0.3 is 4.42 Å². The molecular weight excluding hydrogens is 385 g/mol. The average Bonchev–Trinajstić information content (AvgIpc) is 3.44. The topological polar surface area (TPSA) is 83.9 Å². The maximum Gasteiger partial charge on any atom is 0.229 e. The van der Waals surface area contributed by atoms with Gasteiger partial charge in [0, 0.05) is 42.6 Å². The van der Waals surface area contributed by atoms with Crippen LogP contribution in [0.3, 0.4) is 0 Å². The van der Waals surface area contributed by atoms with Crippen LogP contribution in [0.1, 0.15) is 31.6 Å². The number of benzene rings is 1. The Kier molecular flexibility index (Phi) is 4.94. The third-order valence-corrected chi connectivity index (χ3v) is 6.20. The SMILES string of the molecule is Cc1ncc(-c2ccc3cnc(NC(=O)[C@H]4CC[C@H](N5CC5CF)CC4)nc3c2)o1. The average molecular weight is 409 g/mol. The number of fused-ring (bicyclic) bond motifs is 1. The lowest BCUT2D eigenvalue weighted by atomic mass is 9.85. The monoisotopic (exact) mass is 409 g/mol. The molecule has 156 valence electrons. The molecule has 1 N–H and O–H groups in total. The van der Waals surface area contributed by atoms with Gasteiger partial charge in [0.2, 0.25) is 11.9 Å². The summed E-state index contributed by atoms with van der Waals surface area (Å²) in [6.07, 6.45) is 6.90. The van der Waals surface area contributed by atoms with Crippen molar-refractivity contribution in [1.29, 1.82) is 0 Å². The number of nitrogens with one attached hydrogen (secondary N) is 1. The molecule has 2 aromatic heterocycles. The molecule has 8 heteroatoms. The lowest BCUT2D eigenvalue weighted by Gasteiger charge is -2.28. The van der Waals surface area contributed by atoms with E-state index in [0.717, 1.165) is 48.7 Å². The molecule has 2 fully saturated rings. The molecule has 5 rings (SSSR count). The van der Waals surface area contributed by atoms with Gasteiger partial charge >= 0.3 is 0 Å². The smallest absolute Gasteiger partial charge is 0.229 e. The van der Waals surface area contributed by atoms with E-state index >= 15 is 0 Å². The first-order valence-corrected chi connectivity index (χ1v) is 10.4. The van der Waals surface area contributed by atoms with E-state index in [1.807, 2.05) is 18.2 Å². The fraction of sp³-hybridized carbons (Fsp3) is 0.455.